The third-order valence-corrected chi connectivity index (χ3v) is 6.36. The number of carbonyl (C=O) groups excluding carboxylic acids is 2. The van der Waals surface area contributed by atoms with Crippen molar-refractivity contribution in [3.63, 3.8) is 0 Å². The zero-order valence-corrected chi connectivity index (χ0v) is 19.6. The van der Waals surface area contributed by atoms with Crippen LogP contribution in [0.15, 0.2) is 53.6 Å². The summed E-state index contributed by atoms with van der Waals surface area (Å²) in [6, 6.07) is 13.0. The molecule has 2 atom stereocenters. The maximum Gasteiger partial charge on any atom is 0.323 e. The largest absolute Gasteiger partial charge is 0.496 e. The van der Waals surface area contributed by atoms with Gasteiger partial charge in [0.1, 0.15) is 17.6 Å². The van der Waals surface area contributed by atoms with E-state index >= 15 is 0 Å². The molecule has 0 saturated carbocycles. The Balaban J connectivity index is 1.64. The van der Waals surface area contributed by atoms with E-state index in [-0.39, 0.29) is 24.2 Å². The molecule has 4 rings (SSSR count). The number of hydrogen-bond donors (Lipinski definition) is 0. The highest BCUT2D eigenvalue weighted by Crippen LogP contribution is 2.38. The predicted octanol–water partition coefficient (Wildman–Crippen LogP) is 3.93. The van der Waals surface area contributed by atoms with E-state index in [2.05, 4.69) is 5.10 Å². The molecule has 180 valence electrons. The van der Waals surface area contributed by atoms with Crippen LogP contribution < -0.4 is 4.74 Å². The van der Waals surface area contributed by atoms with Crippen molar-refractivity contribution < 1.29 is 23.5 Å². The normalized spacial score (nSPS) is 20.7. The van der Waals surface area contributed by atoms with Crippen molar-refractivity contribution in [2.24, 2.45) is 5.10 Å². The van der Waals surface area contributed by atoms with Gasteiger partial charge in [-0.25, -0.2) is 9.40 Å². The number of hydrazone groups is 1. The number of carbonyl (C=O) groups is 2. The van der Waals surface area contributed by atoms with Gasteiger partial charge in [-0.2, -0.15) is 5.10 Å². The molecule has 2 aromatic carbocycles. The number of likely N-dealkylation sites (tertiary alicyclic amines) is 1. The third kappa shape index (κ3) is 4.97. The molecule has 2 unspecified atom stereocenters. The molecule has 0 aliphatic carbocycles. The maximum absolute atomic E-state index is 14.6. The second kappa shape index (κ2) is 10.8. The van der Waals surface area contributed by atoms with Crippen molar-refractivity contribution in [1.29, 1.82) is 0 Å². The molecular weight excluding hydrogens is 437 g/mol. The third-order valence-electron chi connectivity index (χ3n) is 6.36. The highest BCUT2D eigenvalue weighted by atomic mass is 19.1. The fourth-order valence-corrected chi connectivity index (χ4v) is 4.71. The van der Waals surface area contributed by atoms with Crippen LogP contribution in [0.3, 0.4) is 0 Å². The van der Waals surface area contributed by atoms with Crippen LogP contribution in [0.2, 0.25) is 0 Å². The second-order valence-electron chi connectivity index (χ2n) is 8.46. The summed E-state index contributed by atoms with van der Waals surface area (Å²) in [5.41, 5.74) is 1.68. The van der Waals surface area contributed by atoms with Crippen LogP contribution in [0, 0.1) is 5.82 Å². The first-order valence-electron chi connectivity index (χ1n) is 11.7. The SMILES string of the molecule is CCOC(=O)C1CCCCN1CC(=O)N1N=C(c2ccccc2F)CC1c1ccccc1OC. The summed E-state index contributed by atoms with van der Waals surface area (Å²) in [6.45, 7) is 2.74. The van der Waals surface area contributed by atoms with Gasteiger partial charge in [-0.05, 0) is 38.4 Å². The van der Waals surface area contributed by atoms with Crippen LogP contribution in [0.4, 0.5) is 4.39 Å². The number of hydrogen-bond acceptors (Lipinski definition) is 6. The number of amides is 1. The van der Waals surface area contributed by atoms with Crippen LogP contribution in [0.5, 0.6) is 5.75 Å². The minimum absolute atomic E-state index is 0.0309. The van der Waals surface area contributed by atoms with Crippen molar-refractivity contribution in [2.45, 2.75) is 44.7 Å². The average Bonchev–Trinajstić information content (AvgIpc) is 3.30. The van der Waals surface area contributed by atoms with Crippen molar-refractivity contribution in [2.75, 3.05) is 26.8 Å². The Bertz CT molecular complexity index is 1070. The number of rotatable bonds is 7. The molecule has 1 fully saturated rings. The van der Waals surface area contributed by atoms with Crippen LogP contribution in [-0.2, 0) is 14.3 Å². The molecule has 0 N–H and O–H groups in total. The summed E-state index contributed by atoms with van der Waals surface area (Å²) in [7, 11) is 1.58. The van der Waals surface area contributed by atoms with Crippen molar-refractivity contribution >= 4 is 17.6 Å². The topological polar surface area (TPSA) is 71.4 Å². The monoisotopic (exact) mass is 467 g/mol. The fraction of sp³-hybridized carbons (Fsp3) is 0.423. The number of piperidine rings is 1. The molecule has 2 heterocycles. The van der Waals surface area contributed by atoms with Gasteiger partial charge in [0.15, 0.2) is 0 Å². The van der Waals surface area contributed by atoms with E-state index in [1.165, 1.54) is 11.1 Å². The minimum Gasteiger partial charge on any atom is -0.496 e. The second-order valence-corrected chi connectivity index (χ2v) is 8.46. The summed E-state index contributed by atoms with van der Waals surface area (Å²) in [5.74, 6) is -0.294. The summed E-state index contributed by atoms with van der Waals surface area (Å²) in [6.07, 6.45) is 2.83. The zero-order chi connectivity index (χ0) is 24.1. The number of benzene rings is 2. The Morgan fingerprint density at radius 1 is 1.12 bits per heavy atom. The lowest BCUT2D eigenvalue weighted by molar-refractivity contribution is -0.152. The highest BCUT2D eigenvalue weighted by molar-refractivity contribution is 6.03. The van der Waals surface area contributed by atoms with Gasteiger partial charge in [-0.3, -0.25) is 14.5 Å². The molecule has 0 aromatic heterocycles. The smallest absolute Gasteiger partial charge is 0.323 e. The van der Waals surface area contributed by atoms with Gasteiger partial charge >= 0.3 is 5.97 Å². The van der Waals surface area contributed by atoms with Gasteiger partial charge in [0, 0.05) is 17.5 Å². The van der Waals surface area contributed by atoms with Crippen LogP contribution in [0.25, 0.3) is 0 Å². The number of methoxy groups -OCH3 is 1. The van der Waals surface area contributed by atoms with E-state index in [1.807, 2.05) is 29.2 Å². The molecule has 7 nitrogen and oxygen atoms in total. The molecular formula is C26H30FN3O4. The van der Waals surface area contributed by atoms with Crippen LogP contribution >= 0.6 is 0 Å². The highest BCUT2D eigenvalue weighted by Gasteiger charge is 2.38. The molecule has 2 aliphatic rings. The lowest BCUT2D eigenvalue weighted by atomic mass is 9.97. The van der Waals surface area contributed by atoms with Crippen molar-refractivity contribution in [3.8, 4) is 5.75 Å². The number of halogens is 1. The van der Waals surface area contributed by atoms with Gasteiger partial charge in [0.25, 0.3) is 5.91 Å². The first-order valence-corrected chi connectivity index (χ1v) is 11.7. The number of nitrogens with zero attached hydrogens (tertiary/aromatic N) is 3. The Hall–Kier alpha value is -3.26. The van der Waals surface area contributed by atoms with Gasteiger partial charge in [-0.15, -0.1) is 0 Å². The van der Waals surface area contributed by atoms with Gasteiger partial charge in [0.05, 0.1) is 32.0 Å². The van der Waals surface area contributed by atoms with Crippen LogP contribution in [0.1, 0.15) is 49.8 Å². The molecule has 1 saturated heterocycles. The Labute approximate surface area is 199 Å². The average molecular weight is 468 g/mol. The number of para-hydroxylation sites is 1. The lowest BCUT2D eigenvalue weighted by Crippen LogP contribution is -2.49. The van der Waals surface area contributed by atoms with E-state index < -0.39 is 12.1 Å². The van der Waals surface area contributed by atoms with E-state index in [0.717, 1.165) is 18.4 Å². The number of esters is 1. The van der Waals surface area contributed by atoms with E-state index in [9.17, 15) is 14.0 Å². The molecule has 8 heteroatoms. The van der Waals surface area contributed by atoms with E-state index in [1.54, 1.807) is 32.2 Å². The first kappa shape index (κ1) is 23.9. The fourth-order valence-electron chi connectivity index (χ4n) is 4.71. The molecule has 0 spiro atoms. The first-order chi connectivity index (χ1) is 16.5. The van der Waals surface area contributed by atoms with Crippen LogP contribution in [-0.4, -0.2) is 60.3 Å². The molecule has 34 heavy (non-hydrogen) atoms. The summed E-state index contributed by atoms with van der Waals surface area (Å²) in [5, 5.41) is 6.01. The quantitative estimate of drug-likeness (QED) is 0.577. The van der Waals surface area contributed by atoms with Gasteiger partial charge < -0.3 is 9.47 Å². The summed E-state index contributed by atoms with van der Waals surface area (Å²) >= 11 is 0. The molecule has 0 radical (unpaired) electrons. The molecule has 0 bridgehead atoms. The molecule has 2 aromatic rings. The van der Waals surface area contributed by atoms with E-state index in [4.69, 9.17) is 9.47 Å². The minimum atomic E-state index is -0.444. The Kier molecular flexibility index (Phi) is 7.57. The summed E-state index contributed by atoms with van der Waals surface area (Å²) in [4.78, 5) is 27.9. The van der Waals surface area contributed by atoms with Gasteiger partial charge in [-0.1, -0.05) is 42.8 Å². The van der Waals surface area contributed by atoms with Crippen molar-refractivity contribution in [3.05, 3.63) is 65.5 Å². The van der Waals surface area contributed by atoms with Gasteiger partial charge in [0.2, 0.25) is 0 Å². The zero-order valence-electron chi connectivity index (χ0n) is 19.6. The Morgan fingerprint density at radius 3 is 2.65 bits per heavy atom. The summed E-state index contributed by atoms with van der Waals surface area (Å²) < 4.78 is 25.3. The molecule has 2 aliphatic heterocycles. The standard InChI is InChI=1S/C26H30FN3O4/c1-3-34-26(32)22-13-8-9-15-29(22)17-25(31)30-23(19-11-5-7-14-24(19)33-2)16-21(28-30)18-10-4-6-12-20(18)27/h4-7,10-12,14,22-23H,3,8-9,13,15-17H2,1-2H3. The van der Waals surface area contributed by atoms with Crippen molar-refractivity contribution in [1.82, 2.24) is 9.91 Å². The Morgan fingerprint density at radius 2 is 1.88 bits per heavy atom. The van der Waals surface area contributed by atoms with E-state index in [0.29, 0.717) is 43.0 Å². The maximum atomic E-state index is 14.6. The predicted molar refractivity (Wildman–Crippen MR) is 126 cm³/mol. The lowest BCUT2D eigenvalue weighted by Gasteiger charge is -2.34. The number of ether oxygens (including phenoxy) is 2. The molecule has 1 amide bonds.